The summed E-state index contributed by atoms with van der Waals surface area (Å²) in [6.07, 6.45) is 10.7. The lowest BCUT2D eigenvalue weighted by atomic mass is 10.1. The third-order valence-corrected chi connectivity index (χ3v) is 6.92. The monoisotopic (exact) mass is 511 g/mol. The largest absolute Gasteiger partial charge is 0.352 e. The Kier molecular flexibility index (Phi) is 5.08. The van der Waals surface area contributed by atoms with E-state index < -0.39 is 5.92 Å². The van der Waals surface area contributed by atoms with Crippen molar-refractivity contribution in [1.82, 2.24) is 44.6 Å². The van der Waals surface area contributed by atoms with Gasteiger partial charge in [0.2, 0.25) is 0 Å². The fraction of sp³-hybridized carbons (Fsp3) is 0.222. The first kappa shape index (κ1) is 22.7. The molecule has 0 saturated carbocycles. The standard InChI is InChI=1S/C27H23F2N9/c1-16-12-38(15-32-16)24-11-31-10-23-19(24)7-22(33-23)26-25-21(35-36-26)3-2-20(34-25)18-6-17(8-30-9-18)13-37-5-4-27(28,29)14-37/h2-3,6-12,15,33H,4-5,13-14H2,1H3,(H,35,36). The molecule has 6 aromatic rings. The molecule has 0 amide bonds. The van der Waals surface area contributed by atoms with E-state index in [-0.39, 0.29) is 13.0 Å². The number of pyridine rings is 3. The minimum absolute atomic E-state index is 0.102. The molecule has 0 atom stereocenters. The van der Waals surface area contributed by atoms with Crippen molar-refractivity contribution in [3.8, 4) is 28.3 Å². The van der Waals surface area contributed by atoms with Crippen LogP contribution in [-0.4, -0.2) is 63.6 Å². The molecule has 7 rings (SSSR count). The predicted octanol–water partition coefficient (Wildman–Crippen LogP) is 4.90. The molecular weight excluding hydrogens is 488 g/mol. The summed E-state index contributed by atoms with van der Waals surface area (Å²) in [6, 6.07) is 7.85. The highest BCUT2D eigenvalue weighted by Crippen LogP contribution is 2.32. The Hall–Kier alpha value is -4.51. The van der Waals surface area contributed by atoms with Crippen molar-refractivity contribution in [1.29, 1.82) is 0 Å². The molecular formula is C27H23F2N9. The number of alkyl halides is 2. The summed E-state index contributed by atoms with van der Waals surface area (Å²) >= 11 is 0. The maximum Gasteiger partial charge on any atom is 0.261 e. The van der Waals surface area contributed by atoms with Crippen LogP contribution in [0.3, 0.4) is 0 Å². The first-order valence-corrected chi connectivity index (χ1v) is 12.3. The molecule has 7 heterocycles. The zero-order chi connectivity index (χ0) is 25.9. The molecule has 9 nitrogen and oxygen atoms in total. The van der Waals surface area contributed by atoms with Crippen LogP contribution in [0.1, 0.15) is 17.7 Å². The van der Waals surface area contributed by atoms with Crippen molar-refractivity contribution in [3.63, 3.8) is 0 Å². The van der Waals surface area contributed by atoms with Crippen LogP contribution >= 0.6 is 0 Å². The topological polar surface area (TPSA) is 104 Å². The fourth-order valence-electron chi connectivity index (χ4n) is 5.08. The van der Waals surface area contributed by atoms with Crippen LogP contribution in [0, 0.1) is 6.92 Å². The summed E-state index contributed by atoms with van der Waals surface area (Å²) in [4.78, 5) is 23.2. The number of aryl methyl sites for hydroxylation is 1. The van der Waals surface area contributed by atoms with Gasteiger partial charge in [0.05, 0.1) is 59.1 Å². The second-order valence-corrected chi connectivity index (χ2v) is 9.79. The number of hydrogen-bond acceptors (Lipinski definition) is 6. The number of hydrogen-bond donors (Lipinski definition) is 2. The molecule has 1 aliphatic rings. The van der Waals surface area contributed by atoms with Crippen molar-refractivity contribution in [2.24, 2.45) is 0 Å². The normalized spacial score (nSPS) is 15.7. The van der Waals surface area contributed by atoms with Crippen LogP contribution in [0.25, 0.3) is 50.3 Å². The van der Waals surface area contributed by atoms with Gasteiger partial charge in [0.15, 0.2) is 0 Å². The van der Waals surface area contributed by atoms with Crippen LogP contribution in [0.5, 0.6) is 0 Å². The highest BCUT2D eigenvalue weighted by Gasteiger charge is 2.37. The zero-order valence-corrected chi connectivity index (χ0v) is 20.5. The summed E-state index contributed by atoms with van der Waals surface area (Å²) in [5.41, 5.74) is 8.15. The molecule has 0 aromatic carbocycles. The number of nitrogens with one attached hydrogen (secondary N) is 2. The Morgan fingerprint density at radius 2 is 1.95 bits per heavy atom. The Morgan fingerprint density at radius 1 is 1.05 bits per heavy atom. The van der Waals surface area contributed by atoms with Gasteiger partial charge in [-0.1, -0.05) is 0 Å². The van der Waals surface area contributed by atoms with E-state index in [2.05, 4.69) is 30.1 Å². The Labute approximate surface area is 215 Å². The Morgan fingerprint density at radius 3 is 2.76 bits per heavy atom. The molecule has 0 bridgehead atoms. The van der Waals surface area contributed by atoms with Crippen LogP contribution in [0.4, 0.5) is 8.78 Å². The van der Waals surface area contributed by atoms with Gasteiger partial charge < -0.3 is 9.55 Å². The Bertz CT molecular complexity index is 1800. The number of H-pyrrole nitrogens is 2. The Balaban J connectivity index is 1.24. The zero-order valence-electron chi connectivity index (χ0n) is 20.5. The first-order valence-electron chi connectivity index (χ1n) is 12.3. The summed E-state index contributed by atoms with van der Waals surface area (Å²) in [5.74, 6) is -2.62. The average Bonchev–Trinajstić information content (AvgIpc) is 3.69. The van der Waals surface area contributed by atoms with Gasteiger partial charge in [-0.3, -0.25) is 20.0 Å². The van der Waals surface area contributed by atoms with Crippen LogP contribution in [0.2, 0.25) is 0 Å². The van der Waals surface area contributed by atoms with E-state index in [1.807, 2.05) is 48.1 Å². The first-order chi connectivity index (χ1) is 18.4. The van der Waals surface area contributed by atoms with Crippen molar-refractivity contribution in [2.45, 2.75) is 25.8 Å². The molecule has 0 aliphatic carbocycles. The van der Waals surface area contributed by atoms with Gasteiger partial charge in [-0.05, 0) is 36.8 Å². The summed E-state index contributed by atoms with van der Waals surface area (Å²) in [5, 5.41) is 8.61. The molecule has 38 heavy (non-hydrogen) atoms. The third-order valence-electron chi connectivity index (χ3n) is 6.92. The van der Waals surface area contributed by atoms with Crippen molar-refractivity contribution < 1.29 is 8.78 Å². The van der Waals surface area contributed by atoms with E-state index in [4.69, 9.17) is 4.98 Å². The number of aromatic amines is 2. The highest BCUT2D eigenvalue weighted by molar-refractivity contribution is 5.96. The molecule has 1 aliphatic heterocycles. The van der Waals surface area contributed by atoms with Crippen LogP contribution in [-0.2, 0) is 6.54 Å². The second-order valence-electron chi connectivity index (χ2n) is 9.79. The van der Waals surface area contributed by atoms with Crippen molar-refractivity contribution in [2.75, 3.05) is 13.1 Å². The number of likely N-dealkylation sites (tertiary alicyclic amines) is 1. The van der Waals surface area contributed by atoms with Gasteiger partial charge in [-0.15, -0.1) is 0 Å². The molecule has 6 aromatic heterocycles. The second kappa shape index (κ2) is 8.52. The molecule has 0 radical (unpaired) electrons. The van der Waals surface area contributed by atoms with Gasteiger partial charge in [0.25, 0.3) is 5.92 Å². The summed E-state index contributed by atoms with van der Waals surface area (Å²) < 4.78 is 29.2. The maximum atomic E-state index is 13.6. The number of aromatic nitrogens is 8. The molecule has 11 heteroatoms. The van der Waals surface area contributed by atoms with Crippen LogP contribution < -0.4 is 0 Å². The van der Waals surface area contributed by atoms with Gasteiger partial charge in [-0.25, -0.2) is 18.7 Å². The smallest absolute Gasteiger partial charge is 0.261 e. The number of halogens is 2. The van der Waals surface area contributed by atoms with Gasteiger partial charge in [0.1, 0.15) is 11.2 Å². The number of imidazole rings is 1. The average molecular weight is 512 g/mol. The fourth-order valence-corrected chi connectivity index (χ4v) is 5.08. The highest BCUT2D eigenvalue weighted by atomic mass is 19.3. The number of fused-ring (bicyclic) bond motifs is 2. The lowest BCUT2D eigenvalue weighted by Crippen LogP contribution is -2.24. The lowest BCUT2D eigenvalue weighted by molar-refractivity contribution is 0.0115. The minimum atomic E-state index is -2.62. The maximum absolute atomic E-state index is 13.6. The molecule has 2 N–H and O–H groups in total. The molecule has 0 spiro atoms. The number of rotatable bonds is 5. The van der Waals surface area contributed by atoms with E-state index in [9.17, 15) is 8.78 Å². The SMILES string of the molecule is Cc1cn(-c2cncc3[nH]c(-c4n[nH]c5ccc(-c6cncc(CN7CCC(F)(F)C7)c6)nc45)cc23)cn1. The van der Waals surface area contributed by atoms with E-state index in [0.29, 0.717) is 24.3 Å². The molecule has 190 valence electrons. The van der Waals surface area contributed by atoms with Crippen LogP contribution in [0.15, 0.2) is 61.6 Å². The molecule has 0 unspecified atom stereocenters. The quantitative estimate of drug-likeness (QED) is 0.341. The van der Waals surface area contributed by atoms with Gasteiger partial charge in [-0.2, -0.15) is 5.10 Å². The summed E-state index contributed by atoms with van der Waals surface area (Å²) in [6.45, 7) is 2.53. The van der Waals surface area contributed by atoms with Gasteiger partial charge in [0, 0.05) is 49.1 Å². The molecule has 1 saturated heterocycles. The van der Waals surface area contributed by atoms with Gasteiger partial charge >= 0.3 is 0 Å². The molecule has 1 fully saturated rings. The lowest BCUT2D eigenvalue weighted by Gasteiger charge is -2.15. The van der Waals surface area contributed by atoms with Crippen molar-refractivity contribution >= 4 is 21.9 Å². The van der Waals surface area contributed by atoms with Crippen molar-refractivity contribution in [3.05, 3.63) is 72.8 Å². The third kappa shape index (κ3) is 4.01. The summed E-state index contributed by atoms with van der Waals surface area (Å²) in [7, 11) is 0. The predicted molar refractivity (Wildman–Crippen MR) is 139 cm³/mol. The minimum Gasteiger partial charge on any atom is -0.352 e. The van der Waals surface area contributed by atoms with E-state index >= 15 is 0 Å². The number of nitrogens with zero attached hydrogens (tertiary/aromatic N) is 7. The van der Waals surface area contributed by atoms with E-state index in [0.717, 1.165) is 50.3 Å². The van der Waals surface area contributed by atoms with E-state index in [1.165, 1.54) is 0 Å². The van der Waals surface area contributed by atoms with E-state index in [1.54, 1.807) is 29.8 Å².